The second-order valence-electron chi connectivity index (χ2n) is 8.23. The van der Waals surface area contributed by atoms with Gasteiger partial charge in [-0.05, 0) is 62.3 Å². The lowest BCUT2D eigenvalue weighted by Gasteiger charge is -2.37. The van der Waals surface area contributed by atoms with Gasteiger partial charge in [-0.15, -0.1) is 11.3 Å². The van der Waals surface area contributed by atoms with Crippen LogP contribution in [0.15, 0.2) is 35.7 Å². The summed E-state index contributed by atoms with van der Waals surface area (Å²) in [7, 11) is 0. The molecule has 2 aromatic rings. The number of hydrogen-bond donors (Lipinski definition) is 0. The Morgan fingerprint density at radius 2 is 2.03 bits per heavy atom. The van der Waals surface area contributed by atoms with Gasteiger partial charge in [-0.3, -0.25) is 9.59 Å². The first kappa shape index (κ1) is 20.8. The van der Waals surface area contributed by atoms with Crippen molar-refractivity contribution in [3.63, 3.8) is 0 Å². The maximum atomic E-state index is 14.0. The van der Waals surface area contributed by atoms with E-state index in [2.05, 4.69) is 0 Å². The lowest BCUT2D eigenvalue weighted by molar-refractivity contribution is -0.144. The summed E-state index contributed by atoms with van der Waals surface area (Å²) >= 11 is 1.67. The summed E-state index contributed by atoms with van der Waals surface area (Å²) in [6.07, 6.45) is 2.61. The Balaban J connectivity index is 1.52. The predicted molar refractivity (Wildman–Crippen MR) is 114 cm³/mol. The van der Waals surface area contributed by atoms with E-state index in [0.717, 1.165) is 24.8 Å². The third kappa shape index (κ3) is 4.36. The molecule has 1 aromatic heterocycles. The summed E-state index contributed by atoms with van der Waals surface area (Å²) in [5.41, 5.74) is 1.06. The topological polar surface area (TPSA) is 49.9 Å². The van der Waals surface area contributed by atoms with Gasteiger partial charge in [-0.25, -0.2) is 4.39 Å². The van der Waals surface area contributed by atoms with Crippen molar-refractivity contribution in [3.05, 3.63) is 52.0 Å². The highest BCUT2D eigenvalue weighted by molar-refractivity contribution is 7.10. The molecule has 1 aliphatic carbocycles. The zero-order valence-corrected chi connectivity index (χ0v) is 18.2. The highest BCUT2D eigenvalue weighted by Crippen LogP contribution is 2.35. The largest absolute Gasteiger partial charge is 0.488 e. The molecule has 0 N–H and O–H groups in total. The number of nitrogens with zero attached hydrogens (tertiary/aromatic N) is 2. The van der Waals surface area contributed by atoms with Crippen LogP contribution < -0.4 is 4.74 Å². The molecule has 1 atom stereocenters. The van der Waals surface area contributed by atoms with Crippen molar-refractivity contribution in [2.45, 2.75) is 45.2 Å². The maximum Gasteiger partial charge on any atom is 0.242 e. The van der Waals surface area contributed by atoms with Crippen LogP contribution >= 0.6 is 11.3 Å². The fourth-order valence-electron chi connectivity index (χ4n) is 3.92. The first-order valence-corrected chi connectivity index (χ1v) is 11.4. The number of amides is 2. The van der Waals surface area contributed by atoms with Gasteiger partial charge >= 0.3 is 0 Å². The smallest absolute Gasteiger partial charge is 0.242 e. The molecule has 30 heavy (non-hydrogen) atoms. The molecule has 1 aliphatic heterocycles. The van der Waals surface area contributed by atoms with Gasteiger partial charge in [-0.1, -0.05) is 12.1 Å². The molecular formula is C23H27FN2O3S. The summed E-state index contributed by atoms with van der Waals surface area (Å²) in [4.78, 5) is 30.7. The number of para-hydroxylation sites is 1. The Hall–Kier alpha value is -2.41. The van der Waals surface area contributed by atoms with Crippen LogP contribution in [0.2, 0.25) is 0 Å². The molecule has 2 amide bonds. The SMILES string of the molecule is CC(C)N(CC(=O)N1CCc2sccc2C1COc1ccccc1F)C(=O)C1CC1. The van der Waals surface area contributed by atoms with Crippen LogP contribution in [-0.4, -0.2) is 47.4 Å². The third-order valence-corrected chi connectivity index (χ3v) is 6.78. The lowest BCUT2D eigenvalue weighted by atomic mass is 10.00. The lowest BCUT2D eigenvalue weighted by Crippen LogP contribution is -2.49. The van der Waals surface area contributed by atoms with Crippen molar-refractivity contribution in [2.75, 3.05) is 19.7 Å². The number of carbonyl (C=O) groups excluding carboxylic acids is 2. The van der Waals surface area contributed by atoms with Gasteiger partial charge in [0, 0.05) is 23.4 Å². The fraction of sp³-hybridized carbons (Fsp3) is 0.478. The Morgan fingerprint density at radius 1 is 1.27 bits per heavy atom. The van der Waals surface area contributed by atoms with E-state index in [4.69, 9.17) is 4.74 Å². The third-order valence-electron chi connectivity index (χ3n) is 5.79. The van der Waals surface area contributed by atoms with Crippen molar-refractivity contribution in [1.82, 2.24) is 9.80 Å². The molecule has 0 radical (unpaired) electrons. The van der Waals surface area contributed by atoms with Crippen molar-refractivity contribution in [2.24, 2.45) is 5.92 Å². The molecule has 1 saturated carbocycles. The fourth-order valence-corrected chi connectivity index (χ4v) is 4.85. The number of carbonyl (C=O) groups is 2. The van der Waals surface area contributed by atoms with E-state index in [1.165, 1.54) is 10.9 Å². The van der Waals surface area contributed by atoms with Crippen LogP contribution in [0.5, 0.6) is 5.75 Å². The minimum atomic E-state index is -0.419. The van der Waals surface area contributed by atoms with E-state index in [-0.39, 0.29) is 48.7 Å². The van der Waals surface area contributed by atoms with E-state index in [1.807, 2.05) is 25.3 Å². The molecule has 5 nitrogen and oxygen atoms in total. The number of ether oxygens (including phenoxy) is 1. The van der Waals surface area contributed by atoms with E-state index in [9.17, 15) is 14.0 Å². The summed E-state index contributed by atoms with van der Waals surface area (Å²) in [5.74, 6) is -0.176. The van der Waals surface area contributed by atoms with E-state index >= 15 is 0 Å². The molecule has 0 saturated heterocycles. The minimum absolute atomic E-state index is 0.0309. The molecule has 160 valence electrons. The Bertz CT molecular complexity index is 925. The standard InChI is InChI=1S/C23H27FN2O3S/c1-15(2)26(23(28)16-7-8-16)13-22(27)25-11-9-21-17(10-12-30-21)19(25)14-29-20-6-4-3-5-18(20)24/h3-6,10,12,15-16,19H,7-9,11,13-14H2,1-2H3. The van der Waals surface area contributed by atoms with Crippen LogP contribution in [0.3, 0.4) is 0 Å². The highest BCUT2D eigenvalue weighted by atomic mass is 32.1. The first-order valence-electron chi connectivity index (χ1n) is 10.5. The van der Waals surface area contributed by atoms with Gasteiger partial charge < -0.3 is 14.5 Å². The van der Waals surface area contributed by atoms with Crippen LogP contribution in [0.1, 0.15) is 43.2 Å². The highest BCUT2D eigenvalue weighted by Gasteiger charge is 2.38. The summed E-state index contributed by atoms with van der Waals surface area (Å²) in [5, 5.41) is 2.02. The second kappa shape index (κ2) is 8.76. The molecule has 1 aromatic carbocycles. The average molecular weight is 431 g/mol. The van der Waals surface area contributed by atoms with E-state index in [1.54, 1.807) is 39.3 Å². The normalized spacial score (nSPS) is 18.3. The minimum Gasteiger partial charge on any atom is -0.488 e. The van der Waals surface area contributed by atoms with Gasteiger partial charge in [0.05, 0.1) is 6.04 Å². The molecule has 2 heterocycles. The Labute approximate surface area is 180 Å². The van der Waals surface area contributed by atoms with Gasteiger partial charge in [0.15, 0.2) is 11.6 Å². The number of halogens is 1. The van der Waals surface area contributed by atoms with Crippen molar-refractivity contribution >= 4 is 23.2 Å². The van der Waals surface area contributed by atoms with Crippen LogP contribution in [-0.2, 0) is 16.0 Å². The molecule has 0 spiro atoms. The average Bonchev–Trinajstić information content (AvgIpc) is 3.47. The summed E-state index contributed by atoms with van der Waals surface area (Å²) < 4.78 is 19.8. The van der Waals surface area contributed by atoms with Crippen LogP contribution in [0.4, 0.5) is 4.39 Å². The molecular weight excluding hydrogens is 403 g/mol. The molecule has 4 rings (SSSR count). The monoisotopic (exact) mass is 430 g/mol. The number of hydrogen-bond acceptors (Lipinski definition) is 4. The number of thiophene rings is 1. The van der Waals surface area contributed by atoms with Gasteiger partial charge in [0.25, 0.3) is 0 Å². The summed E-state index contributed by atoms with van der Waals surface area (Å²) in [6, 6.07) is 7.99. The van der Waals surface area contributed by atoms with Gasteiger partial charge in [0.1, 0.15) is 13.2 Å². The zero-order chi connectivity index (χ0) is 21.3. The Kier molecular flexibility index (Phi) is 6.09. The number of benzene rings is 1. The van der Waals surface area contributed by atoms with Gasteiger partial charge in [-0.2, -0.15) is 0 Å². The quantitative estimate of drug-likeness (QED) is 0.666. The predicted octanol–water partition coefficient (Wildman–Crippen LogP) is 4.04. The van der Waals surface area contributed by atoms with Crippen LogP contribution in [0.25, 0.3) is 0 Å². The van der Waals surface area contributed by atoms with E-state index < -0.39 is 5.82 Å². The van der Waals surface area contributed by atoms with Gasteiger partial charge in [0.2, 0.25) is 11.8 Å². The maximum absolute atomic E-state index is 14.0. The number of fused-ring (bicyclic) bond motifs is 1. The van der Waals surface area contributed by atoms with Crippen LogP contribution in [0, 0.1) is 11.7 Å². The summed E-state index contributed by atoms with van der Waals surface area (Å²) in [6.45, 7) is 4.71. The van der Waals surface area contributed by atoms with Crippen molar-refractivity contribution in [1.29, 1.82) is 0 Å². The molecule has 0 bridgehead atoms. The Morgan fingerprint density at radius 3 is 2.73 bits per heavy atom. The number of rotatable bonds is 7. The molecule has 2 aliphatic rings. The molecule has 7 heteroatoms. The molecule has 1 unspecified atom stereocenters. The van der Waals surface area contributed by atoms with E-state index in [0.29, 0.717) is 6.54 Å². The first-order chi connectivity index (χ1) is 14.5. The molecule has 1 fully saturated rings. The second-order valence-corrected chi connectivity index (χ2v) is 9.23. The zero-order valence-electron chi connectivity index (χ0n) is 17.3. The van der Waals surface area contributed by atoms with Crippen molar-refractivity contribution in [3.8, 4) is 5.75 Å². The van der Waals surface area contributed by atoms with Crippen molar-refractivity contribution < 1.29 is 18.7 Å².